The number of nitrogens with zero attached hydrogens (tertiary/aromatic N) is 2. The largest absolute Gasteiger partial charge is 0.289 e. The van der Waals surface area contributed by atoms with Gasteiger partial charge in [0.1, 0.15) is 6.07 Å². The Labute approximate surface area is 138 Å². The fraction of sp³-hybridized carbons (Fsp3) is 0.0556. The molecule has 1 aromatic heterocycles. The molecule has 0 spiro atoms. The minimum Gasteiger partial charge on any atom is -0.289 e. The molecule has 0 bridgehead atoms. The Morgan fingerprint density at radius 1 is 1.22 bits per heavy atom. The molecule has 112 valence electrons. The Kier molecular flexibility index (Phi) is 3.96. The Bertz CT molecular complexity index is 923. The van der Waals surface area contributed by atoms with Crippen LogP contribution in [0.1, 0.15) is 27.3 Å². The van der Waals surface area contributed by atoms with Crippen LogP contribution in [0, 0.1) is 18.3 Å². The number of H-pyrrole nitrogens is 1. The van der Waals surface area contributed by atoms with Crippen LogP contribution in [-0.4, -0.2) is 16.0 Å². The standard InChI is InChI=1S/C18H12ClN3O/c1-11-17(16(10-20)22-21-11)14-8-7-13(19)9-15(14)18(23)12-5-3-2-4-6-12/h2-9H,1H3,(H,21,22). The molecule has 0 radical (unpaired) electrons. The number of halogens is 1. The van der Waals surface area contributed by atoms with Crippen molar-refractivity contribution in [1.82, 2.24) is 10.2 Å². The van der Waals surface area contributed by atoms with E-state index >= 15 is 0 Å². The molecule has 0 amide bonds. The fourth-order valence-electron chi connectivity index (χ4n) is 2.51. The summed E-state index contributed by atoms with van der Waals surface area (Å²) in [6.45, 7) is 1.81. The summed E-state index contributed by atoms with van der Waals surface area (Å²) in [7, 11) is 0. The Morgan fingerprint density at radius 2 is 1.96 bits per heavy atom. The van der Waals surface area contributed by atoms with Crippen LogP contribution >= 0.6 is 11.6 Å². The molecule has 0 saturated carbocycles. The molecular weight excluding hydrogens is 310 g/mol. The maximum Gasteiger partial charge on any atom is 0.193 e. The molecule has 0 saturated heterocycles. The van der Waals surface area contributed by atoms with Crippen molar-refractivity contribution in [3.05, 3.63) is 76.1 Å². The van der Waals surface area contributed by atoms with Crippen LogP contribution in [0.5, 0.6) is 0 Å². The lowest BCUT2D eigenvalue weighted by atomic mass is 9.93. The zero-order chi connectivity index (χ0) is 16.4. The van der Waals surface area contributed by atoms with Gasteiger partial charge in [-0.15, -0.1) is 0 Å². The molecule has 3 aromatic rings. The summed E-state index contributed by atoms with van der Waals surface area (Å²) in [6, 6.07) is 16.1. The molecule has 0 fully saturated rings. The van der Waals surface area contributed by atoms with Crippen molar-refractivity contribution < 1.29 is 4.79 Å². The van der Waals surface area contributed by atoms with Gasteiger partial charge in [-0.3, -0.25) is 9.89 Å². The summed E-state index contributed by atoms with van der Waals surface area (Å²) in [4.78, 5) is 12.9. The highest BCUT2D eigenvalue weighted by Crippen LogP contribution is 2.32. The number of carbonyl (C=O) groups excluding carboxylic acids is 1. The van der Waals surface area contributed by atoms with Crippen LogP contribution in [0.2, 0.25) is 5.02 Å². The van der Waals surface area contributed by atoms with E-state index in [-0.39, 0.29) is 11.5 Å². The quantitative estimate of drug-likeness (QED) is 0.737. The van der Waals surface area contributed by atoms with Gasteiger partial charge in [-0.05, 0) is 24.6 Å². The molecule has 4 nitrogen and oxygen atoms in total. The van der Waals surface area contributed by atoms with E-state index < -0.39 is 0 Å². The van der Waals surface area contributed by atoms with Gasteiger partial charge in [0, 0.05) is 27.4 Å². The molecule has 0 aliphatic carbocycles. The van der Waals surface area contributed by atoms with Crippen molar-refractivity contribution in [2.45, 2.75) is 6.92 Å². The van der Waals surface area contributed by atoms with E-state index in [1.54, 1.807) is 42.5 Å². The van der Waals surface area contributed by atoms with Crippen LogP contribution in [0.25, 0.3) is 11.1 Å². The van der Waals surface area contributed by atoms with Gasteiger partial charge in [-0.1, -0.05) is 48.0 Å². The summed E-state index contributed by atoms with van der Waals surface area (Å²) < 4.78 is 0. The Morgan fingerprint density at radius 3 is 2.65 bits per heavy atom. The van der Waals surface area contributed by atoms with E-state index in [1.165, 1.54) is 0 Å². The molecule has 0 aliphatic heterocycles. The second kappa shape index (κ2) is 6.07. The van der Waals surface area contributed by atoms with Crippen molar-refractivity contribution >= 4 is 17.4 Å². The monoisotopic (exact) mass is 321 g/mol. The predicted octanol–water partition coefficient (Wildman–Crippen LogP) is 4.14. The highest BCUT2D eigenvalue weighted by molar-refractivity contribution is 6.31. The van der Waals surface area contributed by atoms with Crippen molar-refractivity contribution in [2.75, 3.05) is 0 Å². The third kappa shape index (κ3) is 2.75. The van der Waals surface area contributed by atoms with Crippen molar-refractivity contribution in [3.63, 3.8) is 0 Å². The van der Waals surface area contributed by atoms with Crippen LogP contribution in [0.3, 0.4) is 0 Å². The molecule has 23 heavy (non-hydrogen) atoms. The number of aromatic amines is 1. The van der Waals surface area contributed by atoms with E-state index in [1.807, 2.05) is 19.1 Å². The molecule has 1 heterocycles. The lowest BCUT2D eigenvalue weighted by Crippen LogP contribution is -2.04. The zero-order valence-electron chi connectivity index (χ0n) is 12.3. The molecule has 3 rings (SSSR count). The smallest absolute Gasteiger partial charge is 0.193 e. The first-order chi connectivity index (χ1) is 11.1. The first-order valence-electron chi connectivity index (χ1n) is 6.96. The number of aromatic nitrogens is 2. The minimum absolute atomic E-state index is 0.146. The number of nitriles is 1. The summed E-state index contributed by atoms with van der Waals surface area (Å²) in [5, 5.41) is 16.5. The molecule has 0 atom stereocenters. The van der Waals surface area contributed by atoms with Gasteiger partial charge in [0.25, 0.3) is 0 Å². The van der Waals surface area contributed by atoms with Crippen molar-refractivity contribution in [3.8, 4) is 17.2 Å². The number of rotatable bonds is 3. The molecule has 0 aliphatic rings. The van der Waals surface area contributed by atoms with Gasteiger partial charge in [0.05, 0.1) is 0 Å². The zero-order valence-corrected chi connectivity index (χ0v) is 13.1. The topological polar surface area (TPSA) is 69.5 Å². The number of benzene rings is 2. The first-order valence-corrected chi connectivity index (χ1v) is 7.34. The van der Waals surface area contributed by atoms with Crippen molar-refractivity contribution in [2.24, 2.45) is 0 Å². The predicted molar refractivity (Wildman–Crippen MR) is 88.4 cm³/mol. The first kappa shape index (κ1) is 15.0. The third-order valence-electron chi connectivity index (χ3n) is 3.58. The Balaban J connectivity index is 2.22. The van der Waals surface area contributed by atoms with E-state index in [0.29, 0.717) is 27.3 Å². The SMILES string of the molecule is Cc1[nH]nc(C#N)c1-c1ccc(Cl)cc1C(=O)c1ccccc1. The lowest BCUT2D eigenvalue weighted by Gasteiger charge is -2.09. The van der Waals surface area contributed by atoms with Gasteiger partial charge < -0.3 is 0 Å². The number of aryl methyl sites for hydroxylation is 1. The summed E-state index contributed by atoms with van der Waals surface area (Å²) in [5.74, 6) is -0.146. The molecule has 5 heteroatoms. The van der Waals surface area contributed by atoms with Gasteiger partial charge in [-0.25, -0.2) is 0 Å². The minimum atomic E-state index is -0.146. The number of ketones is 1. The maximum atomic E-state index is 12.9. The number of hydrogen-bond acceptors (Lipinski definition) is 3. The van der Waals surface area contributed by atoms with Crippen LogP contribution in [0.4, 0.5) is 0 Å². The normalized spacial score (nSPS) is 10.3. The fourth-order valence-corrected chi connectivity index (χ4v) is 2.68. The van der Waals surface area contributed by atoms with Crippen LogP contribution < -0.4 is 0 Å². The molecule has 1 N–H and O–H groups in total. The average Bonchev–Trinajstić information content (AvgIpc) is 2.95. The van der Waals surface area contributed by atoms with Crippen LogP contribution in [-0.2, 0) is 0 Å². The van der Waals surface area contributed by atoms with Gasteiger partial charge in [0.2, 0.25) is 0 Å². The maximum absolute atomic E-state index is 12.9. The molecule has 0 unspecified atom stereocenters. The Hall–Kier alpha value is -2.90. The second-order valence-electron chi connectivity index (χ2n) is 5.07. The van der Waals surface area contributed by atoms with Gasteiger partial charge in [-0.2, -0.15) is 10.4 Å². The number of carbonyl (C=O) groups is 1. The number of hydrogen-bond donors (Lipinski definition) is 1. The van der Waals surface area contributed by atoms with Gasteiger partial charge in [0.15, 0.2) is 11.5 Å². The van der Waals surface area contributed by atoms with E-state index in [4.69, 9.17) is 11.6 Å². The summed E-state index contributed by atoms with van der Waals surface area (Å²) >= 11 is 6.08. The average molecular weight is 322 g/mol. The molecule has 2 aromatic carbocycles. The van der Waals surface area contributed by atoms with Crippen LogP contribution in [0.15, 0.2) is 48.5 Å². The van der Waals surface area contributed by atoms with E-state index in [2.05, 4.69) is 10.2 Å². The lowest BCUT2D eigenvalue weighted by molar-refractivity contribution is 0.103. The summed E-state index contributed by atoms with van der Waals surface area (Å²) in [6.07, 6.45) is 0. The molecular formula is C18H12ClN3O. The summed E-state index contributed by atoms with van der Waals surface area (Å²) in [5.41, 5.74) is 3.27. The van der Waals surface area contributed by atoms with Gasteiger partial charge >= 0.3 is 0 Å². The second-order valence-corrected chi connectivity index (χ2v) is 5.51. The van der Waals surface area contributed by atoms with E-state index in [9.17, 15) is 10.1 Å². The highest BCUT2D eigenvalue weighted by Gasteiger charge is 2.20. The van der Waals surface area contributed by atoms with Crippen molar-refractivity contribution in [1.29, 1.82) is 5.26 Å². The highest BCUT2D eigenvalue weighted by atomic mass is 35.5. The third-order valence-corrected chi connectivity index (χ3v) is 3.82. The van der Waals surface area contributed by atoms with E-state index in [0.717, 1.165) is 5.69 Å². The number of nitrogens with one attached hydrogen (secondary N) is 1.